The van der Waals surface area contributed by atoms with Gasteiger partial charge in [0.05, 0.1) is 20.5 Å². The second-order valence-electron chi connectivity index (χ2n) is 5.15. The Morgan fingerprint density at radius 3 is 2.73 bits per heavy atom. The number of carbonyl (C=O) groups excluding carboxylic acids is 1. The second-order valence-corrected chi connectivity index (χ2v) is 8.02. The number of nitrogens with zero attached hydrogens (tertiary/aromatic N) is 1. The fourth-order valence-corrected chi connectivity index (χ4v) is 4.18. The van der Waals surface area contributed by atoms with Crippen molar-refractivity contribution < 1.29 is 27.3 Å². The molecule has 26 heavy (non-hydrogen) atoms. The number of nitro benzene ring substituents is 1. The standard InChI is InChI=1S/C14H7BrClFN2O6S/c15-12-11(14(20)7-3-6(17)1-2-8(7)16)9(19(21)22)4-10-13(12)18-26(23,24)5-25-10/h1-4,18H,5H2. The maximum atomic E-state index is 13.5. The number of nitro groups is 1. The first-order chi connectivity index (χ1) is 12.1. The number of nitrogens with one attached hydrogen (secondary N) is 1. The van der Waals surface area contributed by atoms with Crippen molar-refractivity contribution in [2.45, 2.75) is 0 Å². The number of carbonyl (C=O) groups is 1. The van der Waals surface area contributed by atoms with E-state index in [4.69, 9.17) is 16.3 Å². The summed E-state index contributed by atoms with van der Waals surface area (Å²) in [5.74, 6) is -2.58. The number of sulfonamides is 1. The number of anilines is 1. The third-order valence-electron chi connectivity index (χ3n) is 3.43. The van der Waals surface area contributed by atoms with Crippen molar-refractivity contribution in [1.82, 2.24) is 0 Å². The monoisotopic (exact) mass is 464 g/mol. The molecule has 0 saturated carbocycles. The van der Waals surface area contributed by atoms with Gasteiger partial charge >= 0.3 is 0 Å². The van der Waals surface area contributed by atoms with Gasteiger partial charge in [-0.15, -0.1) is 0 Å². The number of rotatable bonds is 3. The Kier molecular flexibility index (Phi) is 4.63. The van der Waals surface area contributed by atoms with Gasteiger partial charge in [0.1, 0.15) is 17.1 Å². The molecule has 0 bridgehead atoms. The normalized spacial score (nSPS) is 14.7. The van der Waals surface area contributed by atoms with Crippen molar-refractivity contribution in [2.24, 2.45) is 0 Å². The number of hydrogen-bond donors (Lipinski definition) is 1. The number of hydrogen-bond acceptors (Lipinski definition) is 6. The molecule has 1 N–H and O–H groups in total. The zero-order chi connectivity index (χ0) is 19.2. The predicted molar refractivity (Wildman–Crippen MR) is 93.7 cm³/mol. The lowest BCUT2D eigenvalue weighted by Gasteiger charge is -2.21. The molecule has 0 aliphatic carbocycles. The van der Waals surface area contributed by atoms with Gasteiger partial charge in [-0.1, -0.05) is 11.6 Å². The lowest BCUT2D eigenvalue weighted by atomic mass is 10.0. The highest BCUT2D eigenvalue weighted by Gasteiger charge is 2.34. The van der Waals surface area contributed by atoms with Crippen LogP contribution in [0.1, 0.15) is 15.9 Å². The summed E-state index contributed by atoms with van der Waals surface area (Å²) in [6, 6.07) is 3.91. The maximum absolute atomic E-state index is 13.5. The SMILES string of the molecule is O=C(c1cc(F)ccc1Cl)c1c([N+](=O)[O-])cc2c(c1Br)NS(=O)(=O)CO2. The molecular formula is C14H7BrClFN2O6S. The number of ether oxygens (including phenoxy) is 1. The molecule has 2 aromatic rings. The minimum atomic E-state index is -3.84. The molecule has 0 amide bonds. The summed E-state index contributed by atoms with van der Waals surface area (Å²) in [6.07, 6.45) is 0. The summed E-state index contributed by atoms with van der Waals surface area (Å²) in [5.41, 5.74) is -1.62. The maximum Gasteiger partial charge on any atom is 0.285 e. The molecule has 0 saturated heterocycles. The van der Waals surface area contributed by atoms with E-state index in [9.17, 15) is 27.7 Å². The summed E-state index contributed by atoms with van der Waals surface area (Å²) >= 11 is 8.91. The summed E-state index contributed by atoms with van der Waals surface area (Å²) in [6.45, 7) is 0. The van der Waals surface area contributed by atoms with Crippen LogP contribution in [0.5, 0.6) is 5.75 Å². The summed E-state index contributed by atoms with van der Waals surface area (Å²) in [7, 11) is -3.84. The Morgan fingerprint density at radius 1 is 1.38 bits per heavy atom. The topological polar surface area (TPSA) is 116 Å². The number of benzene rings is 2. The van der Waals surface area contributed by atoms with E-state index in [1.165, 1.54) is 0 Å². The van der Waals surface area contributed by atoms with Crippen molar-refractivity contribution >= 4 is 54.7 Å². The molecule has 1 aliphatic heterocycles. The molecule has 0 atom stereocenters. The van der Waals surface area contributed by atoms with Gasteiger partial charge in [-0.25, -0.2) is 12.8 Å². The van der Waals surface area contributed by atoms with Gasteiger partial charge in [-0.05, 0) is 34.1 Å². The summed E-state index contributed by atoms with van der Waals surface area (Å²) in [4.78, 5) is 23.4. The summed E-state index contributed by atoms with van der Waals surface area (Å²) in [5, 5.41) is 11.3. The average Bonchev–Trinajstić information content (AvgIpc) is 2.56. The Hall–Kier alpha value is -2.24. The first kappa shape index (κ1) is 18.5. The van der Waals surface area contributed by atoms with Crippen molar-refractivity contribution in [3.63, 3.8) is 0 Å². The fourth-order valence-electron chi connectivity index (χ4n) is 2.32. The molecular weight excluding hydrogens is 459 g/mol. The van der Waals surface area contributed by atoms with E-state index in [0.29, 0.717) is 0 Å². The van der Waals surface area contributed by atoms with Gasteiger partial charge in [-0.3, -0.25) is 19.6 Å². The molecule has 0 spiro atoms. The second kappa shape index (κ2) is 6.49. The molecule has 8 nitrogen and oxygen atoms in total. The quantitative estimate of drug-likeness (QED) is 0.421. The molecule has 0 unspecified atom stereocenters. The van der Waals surface area contributed by atoms with E-state index in [-0.39, 0.29) is 26.5 Å². The van der Waals surface area contributed by atoms with Gasteiger partial charge in [-0.2, -0.15) is 0 Å². The van der Waals surface area contributed by atoms with Crippen molar-refractivity contribution in [3.8, 4) is 5.75 Å². The van der Waals surface area contributed by atoms with Crippen molar-refractivity contribution in [3.05, 3.63) is 60.8 Å². The minimum absolute atomic E-state index is 0.118. The van der Waals surface area contributed by atoms with E-state index in [2.05, 4.69) is 20.7 Å². The number of halogens is 3. The van der Waals surface area contributed by atoms with Crippen LogP contribution in [0.25, 0.3) is 0 Å². The molecule has 136 valence electrons. The van der Waals surface area contributed by atoms with Crippen LogP contribution in [-0.2, 0) is 10.0 Å². The zero-order valence-electron chi connectivity index (χ0n) is 12.5. The van der Waals surface area contributed by atoms with E-state index < -0.39 is 43.7 Å². The van der Waals surface area contributed by atoms with Gasteiger partial charge in [0.2, 0.25) is 11.7 Å². The van der Waals surface area contributed by atoms with Crippen LogP contribution in [0.3, 0.4) is 0 Å². The fraction of sp³-hybridized carbons (Fsp3) is 0.0714. The third kappa shape index (κ3) is 3.24. The summed E-state index contributed by atoms with van der Waals surface area (Å²) < 4.78 is 43.8. The Labute approximate surface area is 159 Å². The van der Waals surface area contributed by atoms with Crippen LogP contribution in [0.15, 0.2) is 28.7 Å². The number of fused-ring (bicyclic) bond motifs is 1. The van der Waals surface area contributed by atoms with Crippen LogP contribution in [0, 0.1) is 15.9 Å². The first-order valence-corrected chi connectivity index (χ1v) is 9.57. The highest BCUT2D eigenvalue weighted by Crippen LogP contribution is 2.44. The van der Waals surface area contributed by atoms with Crippen LogP contribution in [-0.4, -0.2) is 25.1 Å². The smallest absolute Gasteiger partial charge is 0.285 e. The lowest BCUT2D eigenvalue weighted by molar-refractivity contribution is -0.385. The Balaban J connectivity index is 2.28. The van der Waals surface area contributed by atoms with E-state index in [0.717, 1.165) is 24.3 Å². The minimum Gasteiger partial charge on any atom is -0.473 e. The highest BCUT2D eigenvalue weighted by atomic mass is 79.9. The average molecular weight is 466 g/mol. The van der Waals surface area contributed by atoms with Crippen LogP contribution in [0.4, 0.5) is 15.8 Å². The molecule has 0 aromatic heterocycles. The van der Waals surface area contributed by atoms with E-state index >= 15 is 0 Å². The van der Waals surface area contributed by atoms with Crippen molar-refractivity contribution in [1.29, 1.82) is 0 Å². The predicted octanol–water partition coefficient (Wildman–Crippen LogP) is 3.47. The Bertz CT molecular complexity index is 1080. The van der Waals surface area contributed by atoms with Crippen LogP contribution >= 0.6 is 27.5 Å². The third-order valence-corrected chi connectivity index (χ3v) is 5.50. The molecule has 1 aliphatic rings. The van der Waals surface area contributed by atoms with Crippen LogP contribution < -0.4 is 9.46 Å². The van der Waals surface area contributed by atoms with Gasteiger partial charge < -0.3 is 4.74 Å². The number of ketones is 1. The van der Waals surface area contributed by atoms with Gasteiger partial charge in [0.15, 0.2) is 5.75 Å². The van der Waals surface area contributed by atoms with Crippen molar-refractivity contribution in [2.75, 3.05) is 10.7 Å². The van der Waals surface area contributed by atoms with Crippen LogP contribution in [0.2, 0.25) is 5.02 Å². The largest absolute Gasteiger partial charge is 0.473 e. The molecule has 0 fully saturated rings. The zero-order valence-corrected chi connectivity index (χ0v) is 15.6. The van der Waals surface area contributed by atoms with Gasteiger partial charge in [0.25, 0.3) is 15.7 Å². The van der Waals surface area contributed by atoms with E-state index in [1.54, 1.807) is 0 Å². The molecule has 3 rings (SSSR count). The highest BCUT2D eigenvalue weighted by molar-refractivity contribution is 9.10. The molecule has 12 heteroatoms. The Morgan fingerprint density at radius 2 is 2.08 bits per heavy atom. The van der Waals surface area contributed by atoms with Gasteiger partial charge in [0, 0.05) is 5.56 Å². The first-order valence-electron chi connectivity index (χ1n) is 6.74. The molecule has 1 heterocycles. The lowest BCUT2D eigenvalue weighted by Crippen LogP contribution is -2.26. The molecule has 0 radical (unpaired) electrons. The molecule has 2 aromatic carbocycles. The van der Waals surface area contributed by atoms with E-state index in [1.807, 2.05) is 0 Å².